The Morgan fingerprint density at radius 3 is 1.00 bits per heavy atom. The summed E-state index contributed by atoms with van der Waals surface area (Å²) < 4.78 is 0. The molecule has 0 bridgehead atoms. The molecule has 0 aliphatic heterocycles. The van der Waals surface area contributed by atoms with E-state index < -0.39 is 0 Å². The summed E-state index contributed by atoms with van der Waals surface area (Å²) in [5.74, 6) is 0. The van der Waals surface area contributed by atoms with Crippen LogP contribution in [0.2, 0.25) is 0 Å². The van der Waals surface area contributed by atoms with Gasteiger partial charge in [0.2, 0.25) is 0 Å². The van der Waals surface area contributed by atoms with Crippen molar-refractivity contribution in [2.24, 2.45) is 0 Å². The van der Waals surface area contributed by atoms with Crippen molar-refractivity contribution in [3.8, 4) is 0 Å². The normalized spacial score (nSPS) is 0. The van der Waals surface area contributed by atoms with Crippen molar-refractivity contribution in [2.75, 3.05) is 0 Å². The van der Waals surface area contributed by atoms with Gasteiger partial charge in [-0.05, 0) is 0 Å². The topological polar surface area (TPSA) is 31.5 Å². The molecule has 2 N–H and O–H groups in total. The van der Waals surface area contributed by atoms with Crippen LogP contribution in [-0.2, 0) is 33.8 Å². The minimum absolute atomic E-state index is 0. The Kier molecular flexibility index (Phi) is 296. The molecule has 4 heavy (non-hydrogen) atoms. The van der Waals surface area contributed by atoms with Crippen LogP contribution in [0.5, 0.6) is 0 Å². The molecular formula is H5AlCoFeO. The van der Waals surface area contributed by atoms with E-state index in [0.29, 0.717) is 0 Å². The van der Waals surface area contributed by atoms with E-state index in [-0.39, 0.29) is 56.7 Å². The Morgan fingerprint density at radius 2 is 1.00 bits per heavy atom. The smallest absolute Gasteiger partial charge is 0.187 e. The molecule has 0 aliphatic rings. The van der Waals surface area contributed by atoms with Crippen molar-refractivity contribution in [3.05, 3.63) is 0 Å². The van der Waals surface area contributed by atoms with Crippen molar-refractivity contribution in [2.45, 2.75) is 0 Å². The van der Waals surface area contributed by atoms with Gasteiger partial charge in [0.15, 0.2) is 17.4 Å². The molecule has 1 radical (unpaired) electrons. The van der Waals surface area contributed by atoms with Crippen LogP contribution in [0.3, 0.4) is 0 Å². The van der Waals surface area contributed by atoms with Gasteiger partial charge in [-0.25, -0.2) is 0 Å². The summed E-state index contributed by atoms with van der Waals surface area (Å²) >= 11 is 0. The van der Waals surface area contributed by atoms with Crippen LogP contribution in [0.1, 0.15) is 0 Å². The maximum absolute atomic E-state index is 0. The van der Waals surface area contributed by atoms with Crippen LogP contribution in [0.4, 0.5) is 0 Å². The molecule has 0 aliphatic carbocycles. The van der Waals surface area contributed by atoms with Crippen LogP contribution in [0.25, 0.3) is 0 Å². The standard InChI is InChI=1S/Al.Co.Fe.H2O.3H/h;;;1H2;;;. The van der Waals surface area contributed by atoms with Crippen molar-refractivity contribution >= 4 is 17.4 Å². The molecule has 0 aromatic heterocycles. The maximum Gasteiger partial charge on any atom is 0.187 e. The molecule has 0 amide bonds. The quantitative estimate of drug-likeness (QED) is 0.369. The molecule has 0 rings (SSSR count). The second-order valence-electron chi connectivity index (χ2n) is 0. The minimum atomic E-state index is 0. The summed E-state index contributed by atoms with van der Waals surface area (Å²) in [6.07, 6.45) is 0. The van der Waals surface area contributed by atoms with Crippen molar-refractivity contribution < 1.29 is 39.3 Å². The van der Waals surface area contributed by atoms with E-state index in [2.05, 4.69) is 0 Å². The summed E-state index contributed by atoms with van der Waals surface area (Å²) in [6, 6.07) is 0. The van der Waals surface area contributed by atoms with Crippen LogP contribution in [-0.4, -0.2) is 22.8 Å². The SMILES string of the molecule is O.[AlH3].[Co].[Fe]. The van der Waals surface area contributed by atoms with E-state index in [9.17, 15) is 0 Å². The van der Waals surface area contributed by atoms with E-state index in [1.165, 1.54) is 0 Å². The van der Waals surface area contributed by atoms with Crippen LogP contribution in [0, 0.1) is 0 Å². The van der Waals surface area contributed by atoms with Gasteiger partial charge in [0.05, 0.1) is 0 Å². The monoisotopic (exact) mass is 163 g/mol. The Morgan fingerprint density at radius 1 is 1.00 bits per heavy atom. The van der Waals surface area contributed by atoms with E-state index in [4.69, 9.17) is 0 Å². The fourth-order valence-corrected chi connectivity index (χ4v) is 0. The molecule has 1 nitrogen and oxygen atoms in total. The second kappa shape index (κ2) is 24.3. The molecule has 4 heteroatoms. The van der Waals surface area contributed by atoms with Gasteiger partial charge < -0.3 is 5.48 Å². The first-order valence-electron chi connectivity index (χ1n) is 0. The summed E-state index contributed by atoms with van der Waals surface area (Å²) in [7, 11) is 0. The van der Waals surface area contributed by atoms with Crippen LogP contribution >= 0.6 is 0 Å². The molecule has 0 aromatic rings. The Hall–Kier alpha value is 1.52. The molecule has 31 valence electrons. The molecule has 0 fully saturated rings. The molecule has 0 saturated heterocycles. The summed E-state index contributed by atoms with van der Waals surface area (Å²) in [5.41, 5.74) is 0. The van der Waals surface area contributed by atoms with E-state index in [1.807, 2.05) is 0 Å². The van der Waals surface area contributed by atoms with Gasteiger partial charge in [-0.3, -0.25) is 0 Å². The third kappa shape index (κ3) is 9.68. The fraction of sp³-hybridized carbons (Fsp3) is 0. The van der Waals surface area contributed by atoms with Crippen LogP contribution < -0.4 is 0 Å². The van der Waals surface area contributed by atoms with Gasteiger partial charge in [-0.1, -0.05) is 0 Å². The average Bonchev–Trinajstić information content (AvgIpc) is 0. The zero-order valence-corrected chi connectivity index (χ0v) is 3.33. The van der Waals surface area contributed by atoms with E-state index >= 15 is 0 Å². The third-order valence-corrected chi connectivity index (χ3v) is 0. The summed E-state index contributed by atoms with van der Waals surface area (Å²) in [4.78, 5) is 0. The number of hydrogen-bond acceptors (Lipinski definition) is 0. The summed E-state index contributed by atoms with van der Waals surface area (Å²) in [5, 5.41) is 0. The van der Waals surface area contributed by atoms with Crippen molar-refractivity contribution in [1.29, 1.82) is 0 Å². The van der Waals surface area contributed by atoms with Crippen molar-refractivity contribution in [1.82, 2.24) is 0 Å². The van der Waals surface area contributed by atoms with Crippen LogP contribution in [0.15, 0.2) is 0 Å². The largest absolute Gasteiger partial charge is 0.412 e. The molecule has 0 unspecified atom stereocenters. The first kappa shape index (κ1) is 48.9. The number of hydrogen-bond donors (Lipinski definition) is 0. The molecule has 0 aromatic carbocycles. The van der Waals surface area contributed by atoms with Gasteiger partial charge >= 0.3 is 0 Å². The van der Waals surface area contributed by atoms with E-state index in [1.54, 1.807) is 0 Å². The summed E-state index contributed by atoms with van der Waals surface area (Å²) in [6.45, 7) is 0. The third-order valence-electron chi connectivity index (χ3n) is 0. The zero-order chi connectivity index (χ0) is 0. The molecule has 0 atom stereocenters. The Labute approximate surface area is 56.6 Å². The van der Waals surface area contributed by atoms with Gasteiger partial charge in [0.25, 0.3) is 0 Å². The predicted molar refractivity (Wildman–Crippen MR) is 13.6 cm³/mol. The molecular weight excluding hydrogens is 158 g/mol. The van der Waals surface area contributed by atoms with Gasteiger partial charge in [-0.2, -0.15) is 0 Å². The predicted octanol–water partition coefficient (Wildman–Crippen LogP) is -2.01. The fourth-order valence-electron chi connectivity index (χ4n) is 0. The zero-order valence-electron chi connectivity index (χ0n) is 1.19. The van der Waals surface area contributed by atoms with Gasteiger partial charge in [-0.15, -0.1) is 0 Å². The van der Waals surface area contributed by atoms with Gasteiger partial charge in [0, 0.05) is 33.8 Å². The first-order chi connectivity index (χ1) is 0. The molecule has 0 spiro atoms. The second-order valence-corrected chi connectivity index (χ2v) is 0. The average molecular weight is 163 g/mol. The Bertz CT molecular complexity index is 8.00. The minimum Gasteiger partial charge on any atom is -0.412 e. The van der Waals surface area contributed by atoms with E-state index in [0.717, 1.165) is 0 Å². The number of rotatable bonds is 0. The van der Waals surface area contributed by atoms with Crippen molar-refractivity contribution in [3.63, 3.8) is 0 Å². The first-order valence-corrected chi connectivity index (χ1v) is 0. The Balaban J connectivity index is 0. The molecule has 0 saturated carbocycles. The maximum atomic E-state index is 0. The molecule has 0 heterocycles. The van der Waals surface area contributed by atoms with Gasteiger partial charge in [0.1, 0.15) is 0 Å².